The minimum Gasteiger partial charge on any atom is -0.414 e. The van der Waals surface area contributed by atoms with Crippen molar-refractivity contribution in [1.29, 1.82) is 0 Å². The third-order valence-electron chi connectivity index (χ3n) is 7.70. The van der Waals surface area contributed by atoms with E-state index in [-0.39, 0.29) is 10.1 Å². The standard InChI is InChI=1S/C24H50O2Si2/c1-13-19(2)20-14-15-21(25-27(9,10)23(3,4)5)16-17-22(18-20)26-28(11,12)24(6,7)8/h14,19,21-22H,13,15-18H2,1-12H3/b20-14+/t19?,21-,22-/m1/s1. The highest BCUT2D eigenvalue weighted by Gasteiger charge is 2.41. The van der Waals surface area contributed by atoms with Gasteiger partial charge < -0.3 is 8.85 Å². The van der Waals surface area contributed by atoms with Crippen LogP contribution in [0.5, 0.6) is 0 Å². The van der Waals surface area contributed by atoms with Crippen LogP contribution in [0.15, 0.2) is 11.6 Å². The maximum absolute atomic E-state index is 6.90. The first-order valence-corrected chi connectivity index (χ1v) is 17.4. The molecule has 0 spiro atoms. The third kappa shape index (κ3) is 7.10. The largest absolute Gasteiger partial charge is 0.414 e. The normalized spacial score (nSPS) is 26.2. The molecule has 0 aromatic rings. The van der Waals surface area contributed by atoms with Gasteiger partial charge in [0.15, 0.2) is 16.6 Å². The monoisotopic (exact) mass is 426 g/mol. The van der Waals surface area contributed by atoms with Gasteiger partial charge in [-0.15, -0.1) is 0 Å². The van der Waals surface area contributed by atoms with Crippen molar-refractivity contribution in [3.63, 3.8) is 0 Å². The van der Waals surface area contributed by atoms with Crippen molar-refractivity contribution in [2.75, 3.05) is 0 Å². The number of hydrogen-bond donors (Lipinski definition) is 0. The predicted octanol–water partition coefficient (Wildman–Crippen LogP) is 8.31. The molecular weight excluding hydrogens is 376 g/mol. The van der Waals surface area contributed by atoms with Gasteiger partial charge in [-0.3, -0.25) is 0 Å². The Morgan fingerprint density at radius 1 is 0.893 bits per heavy atom. The lowest BCUT2D eigenvalue weighted by atomic mass is 9.88. The molecule has 1 rings (SSSR count). The fraction of sp³-hybridized carbons (Fsp3) is 0.917. The van der Waals surface area contributed by atoms with Gasteiger partial charge in [0.1, 0.15) is 0 Å². The van der Waals surface area contributed by atoms with E-state index in [2.05, 4.69) is 87.7 Å². The van der Waals surface area contributed by atoms with Crippen LogP contribution in [-0.2, 0) is 8.85 Å². The van der Waals surface area contributed by atoms with E-state index in [0.29, 0.717) is 18.1 Å². The van der Waals surface area contributed by atoms with E-state index in [1.807, 2.05) is 0 Å². The molecule has 0 heterocycles. The van der Waals surface area contributed by atoms with Crippen molar-refractivity contribution in [2.24, 2.45) is 5.92 Å². The molecule has 3 atom stereocenters. The Kier molecular flexibility index (Phi) is 8.85. The average Bonchev–Trinajstić information content (AvgIpc) is 2.50. The first-order chi connectivity index (χ1) is 12.5. The molecule has 0 amide bonds. The van der Waals surface area contributed by atoms with E-state index in [1.165, 1.54) is 6.42 Å². The summed E-state index contributed by atoms with van der Waals surface area (Å²) in [5.74, 6) is 0.636. The highest BCUT2D eigenvalue weighted by atomic mass is 28.4. The van der Waals surface area contributed by atoms with Gasteiger partial charge in [0.2, 0.25) is 0 Å². The summed E-state index contributed by atoms with van der Waals surface area (Å²) < 4.78 is 13.7. The Bertz CT molecular complexity index is 524. The summed E-state index contributed by atoms with van der Waals surface area (Å²) in [5.41, 5.74) is 1.59. The molecular formula is C24H50O2Si2. The molecule has 0 N–H and O–H groups in total. The molecule has 1 unspecified atom stereocenters. The molecule has 0 saturated heterocycles. The second-order valence-corrected chi connectivity index (χ2v) is 21.6. The van der Waals surface area contributed by atoms with Crippen molar-refractivity contribution in [3.05, 3.63) is 11.6 Å². The van der Waals surface area contributed by atoms with Gasteiger partial charge in [-0.25, -0.2) is 0 Å². The lowest BCUT2D eigenvalue weighted by Crippen LogP contribution is -2.46. The summed E-state index contributed by atoms with van der Waals surface area (Å²) in [6.07, 6.45) is 8.81. The lowest BCUT2D eigenvalue weighted by Gasteiger charge is -2.42. The second kappa shape index (κ2) is 9.49. The van der Waals surface area contributed by atoms with Crippen LogP contribution >= 0.6 is 0 Å². The number of rotatable bonds is 6. The maximum Gasteiger partial charge on any atom is 0.192 e. The van der Waals surface area contributed by atoms with Gasteiger partial charge in [-0.05, 0) is 74.3 Å². The van der Waals surface area contributed by atoms with Gasteiger partial charge in [0.05, 0.1) is 0 Å². The van der Waals surface area contributed by atoms with Gasteiger partial charge >= 0.3 is 0 Å². The minimum atomic E-state index is -1.76. The first-order valence-electron chi connectivity index (χ1n) is 11.5. The SMILES string of the molecule is CCC(C)/C1=C/C[C@@H](O[Si](C)(C)C(C)(C)C)CC[C@@H](O[Si](C)(C)C(C)(C)C)C1. The van der Waals surface area contributed by atoms with E-state index in [0.717, 1.165) is 25.7 Å². The van der Waals surface area contributed by atoms with Crippen molar-refractivity contribution in [3.8, 4) is 0 Å². The summed E-state index contributed by atoms with van der Waals surface area (Å²) in [7, 11) is -3.51. The lowest BCUT2D eigenvalue weighted by molar-refractivity contribution is 0.118. The van der Waals surface area contributed by atoms with Crippen LogP contribution in [0.4, 0.5) is 0 Å². The summed E-state index contributed by atoms with van der Waals surface area (Å²) >= 11 is 0. The molecule has 0 fully saturated rings. The summed E-state index contributed by atoms with van der Waals surface area (Å²) in [6, 6.07) is 0. The van der Waals surface area contributed by atoms with Crippen LogP contribution in [0.2, 0.25) is 36.3 Å². The molecule has 0 bridgehead atoms. The Morgan fingerprint density at radius 3 is 1.75 bits per heavy atom. The van der Waals surface area contributed by atoms with Crippen molar-refractivity contribution < 1.29 is 8.85 Å². The fourth-order valence-electron chi connectivity index (χ4n) is 3.28. The average molecular weight is 427 g/mol. The molecule has 0 aliphatic heterocycles. The van der Waals surface area contributed by atoms with E-state index in [1.54, 1.807) is 5.57 Å². The molecule has 166 valence electrons. The molecule has 4 heteroatoms. The molecule has 0 aromatic carbocycles. The van der Waals surface area contributed by atoms with Crippen molar-refractivity contribution in [2.45, 2.75) is 136 Å². The Morgan fingerprint density at radius 2 is 1.32 bits per heavy atom. The molecule has 2 nitrogen and oxygen atoms in total. The Labute approximate surface area is 179 Å². The zero-order valence-corrected chi connectivity index (χ0v) is 23.2. The van der Waals surface area contributed by atoms with Gasteiger partial charge in [0, 0.05) is 12.2 Å². The van der Waals surface area contributed by atoms with Crippen LogP contribution in [0, 0.1) is 5.92 Å². The van der Waals surface area contributed by atoms with Crippen molar-refractivity contribution >= 4 is 16.6 Å². The predicted molar refractivity (Wildman–Crippen MR) is 130 cm³/mol. The molecule has 1 aliphatic rings. The molecule has 0 aromatic heterocycles. The summed E-state index contributed by atoms with van der Waals surface area (Å²) in [6.45, 7) is 28.3. The second-order valence-electron chi connectivity index (χ2n) is 12.1. The highest BCUT2D eigenvalue weighted by molar-refractivity contribution is 6.74. The number of hydrogen-bond acceptors (Lipinski definition) is 2. The third-order valence-corrected chi connectivity index (χ3v) is 16.8. The van der Waals surface area contributed by atoms with Crippen LogP contribution in [-0.4, -0.2) is 28.8 Å². The van der Waals surface area contributed by atoms with E-state index >= 15 is 0 Å². The van der Waals surface area contributed by atoms with E-state index < -0.39 is 16.6 Å². The maximum atomic E-state index is 6.90. The Balaban J connectivity index is 3.04. The zero-order chi connectivity index (χ0) is 22.0. The van der Waals surface area contributed by atoms with Crippen LogP contribution < -0.4 is 0 Å². The summed E-state index contributed by atoms with van der Waals surface area (Å²) in [4.78, 5) is 0. The molecule has 0 saturated carbocycles. The topological polar surface area (TPSA) is 18.5 Å². The first kappa shape index (κ1) is 26.1. The smallest absolute Gasteiger partial charge is 0.192 e. The highest BCUT2D eigenvalue weighted by Crippen LogP contribution is 2.41. The zero-order valence-electron chi connectivity index (χ0n) is 21.2. The minimum absolute atomic E-state index is 0.257. The van der Waals surface area contributed by atoms with E-state index in [4.69, 9.17) is 8.85 Å². The Hall–Kier alpha value is 0.0938. The quantitative estimate of drug-likeness (QED) is 0.314. The van der Waals surface area contributed by atoms with Crippen LogP contribution in [0.3, 0.4) is 0 Å². The van der Waals surface area contributed by atoms with Crippen molar-refractivity contribution in [1.82, 2.24) is 0 Å². The van der Waals surface area contributed by atoms with Crippen LogP contribution in [0.1, 0.15) is 87.5 Å². The van der Waals surface area contributed by atoms with Crippen LogP contribution in [0.25, 0.3) is 0 Å². The van der Waals surface area contributed by atoms with E-state index in [9.17, 15) is 0 Å². The summed E-state index contributed by atoms with van der Waals surface area (Å²) in [5, 5.41) is 0.516. The van der Waals surface area contributed by atoms with Gasteiger partial charge in [0.25, 0.3) is 0 Å². The molecule has 1 aliphatic carbocycles. The molecule has 28 heavy (non-hydrogen) atoms. The molecule has 0 radical (unpaired) electrons. The fourth-order valence-corrected chi connectivity index (χ4v) is 6.07. The van der Waals surface area contributed by atoms with Gasteiger partial charge in [-0.1, -0.05) is 67.0 Å². The van der Waals surface area contributed by atoms with Gasteiger partial charge in [-0.2, -0.15) is 0 Å².